The number of hydrogen-bond acceptors (Lipinski definition) is 2. The molecule has 1 aromatic rings. The highest BCUT2D eigenvalue weighted by Crippen LogP contribution is 2.35. The highest BCUT2D eigenvalue weighted by atomic mass is 32.1. The summed E-state index contributed by atoms with van der Waals surface area (Å²) in [4.78, 5) is 6.29. The molecule has 1 unspecified atom stereocenters. The van der Waals surface area contributed by atoms with Gasteiger partial charge in [0.05, 0.1) is 5.60 Å². The van der Waals surface area contributed by atoms with Crippen LogP contribution in [-0.2, 0) is 10.8 Å². The van der Waals surface area contributed by atoms with Gasteiger partial charge >= 0.3 is 0 Å². The van der Waals surface area contributed by atoms with Gasteiger partial charge in [0.1, 0.15) is 0 Å². The Kier molecular flexibility index (Phi) is 5.51. The van der Waals surface area contributed by atoms with Crippen molar-refractivity contribution < 1.29 is 4.43 Å². The summed E-state index contributed by atoms with van der Waals surface area (Å²) < 4.78 is 6.98. The normalized spacial score (nSPS) is 20.0. The second-order valence-electron chi connectivity index (χ2n) is 7.81. The molecular formula is C17H28N2OSSi. The quantitative estimate of drug-likeness (QED) is 0.452. The van der Waals surface area contributed by atoms with Crippen LogP contribution in [0.1, 0.15) is 59.6 Å². The molecule has 0 amide bonds. The smallest absolute Gasteiger partial charge is 0.236 e. The fourth-order valence-corrected chi connectivity index (χ4v) is 3.68. The number of nitrogens with one attached hydrogen (secondary N) is 2. The number of rotatable bonds is 5. The molecule has 1 aromatic heterocycles. The van der Waals surface area contributed by atoms with Gasteiger partial charge in [-0.3, -0.25) is 0 Å². The first-order valence-electron chi connectivity index (χ1n) is 8.07. The average molecular weight is 337 g/mol. The van der Waals surface area contributed by atoms with E-state index in [1.807, 2.05) is 6.20 Å². The lowest BCUT2D eigenvalue weighted by atomic mass is 9.80. The van der Waals surface area contributed by atoms with Gasteiger partial charge in [-0.15, -0.1) is 0 Å². The van der Waals surface area contributed by atoms with Gasteiger partial charge in [-0.05, 0) is 68.3 Å². The van der Waals surface area contributed by atoms with Crippen molar-refractivity contribution in [3.63, 3.8) is 0 Å². The first-order chi connectivity index (χ1) is 10.2. The highest BCUT2D eigenvalue weighted by molar-refractivity contribution is 7.71. The molecule has 2 rings (SSSR count). The lowest BCUT2D eigenvalue weighted by molar-refractivity contribution is 0.138. The monoisotopic (exact) mass is 336 g/mol. The molecule has 1 heterocycles. The Morgan fingerprint density at radius 2 is 2.05 bits per heavy atom. The Bertz CT molecular complexity index is 580. The highest BCUT2D eigenvalue weighted by Gasteiger charge is 2.30. The summed E-state index contributed by atoms with van der Waals surface area (Å²) in [5, 5.41) is 0.228. The Morgan fingerprint density at radius 1 is 1.32 bits per heavy atom. The van der Waals surface area contributed by atoms with Crippen LogP contribution in [0.2, 0.25) is 5.04 Å². The van der Waals surface area contributed by atoms with E-state index in [0.717, 1.165) is 24.0 Å². The molecule has 3 nitrogen and oxygen atoms in total. The Hall–Kier alpha value is -0.653. The van der Waals surface area contributed by atoms with Crippen LogP contribution in [-0.4, -0.2) is 25.3 Å². The Morgan fingerprint density at radius 3 is 2.64 bits per heavy atom. The molecule has 22 heavy (non-hydrogen) atoms. The first kappa shape index (κ1) is 17.7. The molecule has 1 atom stereocenters. The number of allylic oxidation sites excluding steroid dienone is 1. The van der Waals surface area contributed by atoms with Crippen molar-refractivity contribution in [2.75, 3.05) is 0 Å². The summed E-state index contributed by atoms with van der Waals surface area (Å²) in [7, 11) is 0.521. The summed E-state index contributed by atoms with van der Waals surface area (Å²) in [6.07, 6.45) is 8.96. The van der Waals surface area contributed by atoms with Crippen LogP contribution < -0.4 is 0 Å². The van der Waals surface area contributed by atoms with Gasteiger partial charge in [-0.2, -0.15) is 0 Å². The minimum absolute atomic E-state index is 0.157. The molecule has 0 spiro atoms. The maximum Gasteiger partial charge on any atom is 0.236 e. The maximum atomic E-state index is 6.26. The SMILES string of the molecule is CC(C)(C)[Si]OC(C)(C)C1=CCCC(Cc2c[nH]c(=S)[nH]2)C1. The van der Waals surface area contributed by atoms with Gasteiger partial charge in [0.25, 0.3) is 0 Å². The number of hydrogen-bond donors (Lipinski definition) is 2. The summed E-state index contributed by atoms with van der Waals surface area (Å²) in [5.74, 6) is 0.669. The van der Waals surface area contributed by atoms with Crippen molar-refractivity contribution in [3.05, 3.63) is 28.3 Å². The summed E-state index contributed by atoms with van der Waals surface area (Å²) in [6, 6.07) is 0. The van der Waals surface area contributed by atoms with E-state index in [9.17, 15) is 0 Å². The fraction of sp³-hybridized carbons (Fsp3) is 0.706. The zero-order chi connectivity index (χ0) is 16.4. The van der Waals surface area contributed by atoms with E-state index in [0.29, 0.717) is 15.7 Å². The van der Waals surface area contributed by atoms with Crippen molar-refractivity contribution in [2.24, 2.45) is 5.92 Å². The van der Waals surface area contributed by atoms with Crippen LogP contribution in [0.15, 0.2) is 17.8 Å². The van der Waals surface area contributed by atoms with Crippen LogP contribution in [0.5, 0.6) is 0 Å². The van der Waals surface area contributed by atoms with Crippen molar-refractivity contribution in [1.82, 2.24) is 9.97 Å². The van der Waals surface area contributed by atoms with Crippen LogP contribution in [0.4, 0.5) is 0 Å². The molecule has 5 heteroatoms. The number of H-pyrrole nitrogens is 2. The molecule has 122 valence electrons. The van der Waals surface area contributed by atoms with Crippen molar-refractivity contribution >= 4 is 22.0 Å². The summed E-state index contributed by atoms with van der Waals surface area (Å²) in [5.41, 5.74) is 2.51. The molecule has 0 aliphatic heterocycles. The van der Waals surface area contributed by atoms with Gasteiger partial charge in [-0.1, -0.05) is 26.8 Å². The van der Waals surface area contributed by atoms with E-state index >= 15 is 0 Å². The summed E-state index contributed by atoms with van der Waals surface area (Å²) >= 11 is 5.11. The van der Waals surface area contributed by atoms with E-state index < -0.39 is 0 Å². The fourth-order valence-electron chi connectivity index (χ4n) is 2.79. The molecule has 0 saturated carbocycles. The molecule has 0 fully saturated rings. The number of aromatic nitrogens is 2. The van der Waals surface area contributed by atoms with Gasteiger partial charge < -0.3 is 14.4 Å². The predicted molar refractivity (Wildman–Crippen MR) is 95.7 cm³/mol. The van der Waals surface area contributed by atoms with Crippen LogP contribution >= 0.6 is 12.2 Å². The molecule has 0 bridgehead atoms. The zero-order valence-corrected chi connectivity index (χ0v) is 16.2. The molecule has 1 aliphatic rings. The standard InChI is InChI=1S/C17H28N2OSSi/c1-16(2,3)22-20-17(4,5)13-8-6-7-12(9-13)10-14-11-18-15(21)19-14/h8,11-12H,6-7,9-10H2,1-5H3,(H2,18,19,21). The second kappa shape index (κ2) is 6.85. The average Bonchev–Trinajstić information content (AvgIpc) is 2.82. The van der Waals surface area contributed by atoms with E-state index in [-0.39, 0.29) is 10.6 Å². The minimum atomic E-state index is -0.157. The third-order valence-corrected chi connectivity index (χ3v) is 5.46. The van der Waals surface area contributed by atoms with Crippen molar-refractivity contribution in [2.45, 2.75) is 70.9 Å². The van der Waals surface area contributed by atoms with Gasteiger partial charge in [0.15, 0.2) is 4.77 Å². The Labute approximate surface area is 141 Å². The zero-order valence-electron chi connectivity index (χ0n) is 14.4. The van der Waals surface area contributed by atoms with Crippen LogP contribution in [0, 0.1) is 10.7 Å². The molecule has 1 aliphatic carbocycles. The molecule has 0 saturated heterocycles. The van der Waals surface area contributed by atoms with Crippen LogP contribution in [0.25, 0.3) is 0 Å². The Balaban J connectivity index is 1.97. The molecule has 0 aromatic carbocycles. The third kappa shape index (κ3) is 5.21. The third-order valence-electron chi connectivity index (χ3n) is 4.02. The second-order valence-corrected chi connectivity index (χ2v) is 10.1. The largest absolute Gasteiger partial charge is 0.408 e. The topological polar surface area (TPSA) is 40.8 Å². The van der Waals surface area contributed by atoms with E-state index in [4.69, 9.17) is 16.6 Å². The molecule has 2 N–H and O–H groups in total. The van der Waals surface area contributed by atoms with Crippen molar-refractivity contribution in [1.29, 1.82) is 0 Å². The van der Waals surface area contributed by atoms with Crippen LogP contribution in [0.3, 0.4) is 0 Å². The van der Waals surface area contributed by atoms with E-state index in [1.165, 1.54) is 17.7 Å². The maximum absolute atomic E-state index is 6.26. The van der Waals surface area contributed by atoms with Crippen molar-refractivity contribution in [3.8, 4) is 0 Å². The van der Waals surface area contributed by atoms with Gasteiger partial charge in [-0.25, -0.2) is 0 Å². The molecular weight excluding hydrogens is 308 g/mol. The number of imidazole rings is 1. The lowest BCUT2D eigenvalue weighted by Crippen LogP contribution is -2.34. The summed E-state index contributed by atoms with van der Waals surface area (Å²) in [6.45, 7) is 11.1. The first-order valence-corrected chi connectivity index (χ1v) is 9.38. The van der Waals surface area contributed by atoms with E-state index in [2.05, 4.69) is 50.7 Å². The lowest BCUT2D eigenvalue weighted by Gasteiger charge is -2.35. The predicted octanol–water partition coefficient (Wildman–Crippen LogP) is 4.97. The molecule has 2 radical (unpaired) electrons. The van der Waals surface area contributed by atoms with E-state index in [1.54, 1.807) is 0 Å². The minimum Gasteiger partial charge on any atom is -0.408 e. The van der Waals surface area contributed by atoms with Gasteiger partial charge in [0.2, 0.25) is 9.76 Å². The number of aromatic amines is 2. The van der Waals surface area contributed by atoms with Gasteiger partial charge in [0, 0.05) is 11.9 Å².